The second kappa shape index (κ2) is 5.65. The summed E-state index contributed by atoms with van der Waals surface area (Å²) in [5.41, 5.74) is 3.86. The zero-order valence-corrected chi connectivity index (χ0v) is 11.0. The molecule has 2 rings (SSSR count). The van der Waals surface area contributed by atoms with Crippen LogP contribution >= 0.6 is 11.6 Å². The monoisotopic (exact) mass is 255 g/mol. The van der Waals surface area contributed by atoms with Gasteiger partial charge in [0.2, 0.25) is 0 Å². The Bertz CT molecular complexity index is 585. The van der Waals surface area contributed by atoms with E-state index in [-0.39, 0.29) is 0 Å². The number of rotatable bonds is 3. The standard InChI is InChI=1S/C16H14ClN/c1-12(13-8-4-3-5-9-13)16(17)14-10-6-7-11-15(14)18-2/h3-11H,2H2,1H3/b16-12-. The first-order valence-corrected chi connectivity index (χ1v) is 6.09. The molecule has 0 unspecified atom stereocenters. The predicted molar refractivity (Wildman–Crippen MR) is 80.4 cm³/mol. The molecule has 1 nitrogen and oxygen atoms in total. The zero-order chi connectivity index (χ0) is 13.0. The fourth-order valence-electron chi connectivity index (χ4n) is 1.81. The molecular weight excluding hydrogens is 242 g/mol. The van der Waals surface area contributed by atoms with Gasteiger partial charge in [-0.1, -0.05) is 60.1 Å². The van der Waals surface area contributed by atoms with Crippen molar-refractivity contribution in [2.75, 3.05) is 0 Å². The van der Waals surface area contributed by atoms with Crippen molar-refractivity contribution in [3.8, 4) is 0 Å². The zero-order valence-electron chi connectivity index (χ0n) is 10.2. The summed E-state index contributed by atoms with van der Waals surface area (Å²) < 4.78 is 0. The lowest BCUT2D eigenvalue weighted by molar-refractivity contribution is 1.51. The largest absolute Gasteiger partial charge is 0.264 e. The second-order valence-electron chi connectivity index (χ2n) is 3.98. The van der Waals surface area contributed by atoms with Gasteiger partial charge in [0.05, 0.1) is 10.7 Å². The Morgan fingerprint density at radius 3 is 2.28 bits per heavy atom. The van der Waals surface area contributed by atoms with Crippen LogP contribution in [-0.4, -0.2) is 6.72 Å². The van der Waals surface area contributed by atoms with E-state index in [9.17, 15) is 0 Å². The molecule has 0 fully saturated rings. The highest BCUT2D eigenvalue weighted by molar-refractivity contribution is 6.53. The van der Waals surface area contributed by atoms with Gasteiger partial charge < -0.3 is 0 Å². The van der Waals surface area contributed by atoms with E-state index in [1.807, 2.05) is 61.5 Å². The van der Waals surface area contributed by atoms with Gasteiger partial charge in [0.1, 0.15) is 0 Å². The topological polar surface area (TPSA) is 12.4 Å². The van der Waals surface area contributed by atoms with Crippen LogP contribution < -0.4 is 0 Å². The molecule has 0 saturated heterocycles. The van der Waals surface area contributed by atoms with Crippen molar-refractivity contribution in [3.05, 3.63) is 65.7 Å². The number of hydrogen-bond donors (Lipinski definition) is 0. The first-order valence-electron chi connectivity index (χ1n) is 5.72. The van der Waals surface area contributed by atoms with Crippen LogP contribution in [0, 0.1) is 0 Å². The third-order valence-electron chi connectivity index (χ3n) is 2.85. The van der Waals surface area contributed by atoms with Gasteiger partial charge in [0.15, 0.2) is 0 Å². The van der Waals surface area contributed by atoms with Crippen molar-refractivity contribution in [1.29, 1.82) is 0 Å². The van der Waals surface area contributed by atoms with Crippen LogP contribution in [0.15, 0.2) is 59.6 Å². The molecule has 0 aliphatic rings. The molecule has 18 heavy (non-hydrogen) atoms. The van der Waals surface area contributed by atoms with E-state index >= 15 is 0 Å². The minimum absolute atomic E-state index is 0.712. The van der Waals surface area contributed by atoms with E-state index in [4.69, 9.17) is 11.6 Å². The Labute approximate surface area is 112 Å². The second-order valence-corrected chi connectivity index (χ2v) is 4.36. The molecule has 0 saturated carbocycles. The summed E-state index contributed by atoms with van der Waals surface area (Å²) in [6.07, 6.45) is 0. The first kappa shape index (κ1) is 12.6. The maximum Gasteiger partial charge on any atom is 0.0709 e. The summed E-state index contributed by atoms with van der Waals surface area (Å²) in [7, 11) is 0. The minimum atomic E-state index is 0.712. The van der Waals surface area contributed by atoms with Gasteiger partial charge in [-0.25, -0.2) is 0 Å². The molecule has 0 spiro atoms. The summed E-state index contributed by atoms with van der Waals surface area (Å²) in [6.45, 7) is 5.59. The third kappa shape index (κ3) is 2.52. The van der Waals surface area contributed by atoms with E-state index in [1.54, 1.807) is 0 Å². The molecule has 2 heteroatoms. The summed E-state index contributed by atoms with van der Waals surface area (Å²) in [5, 5.41) is 0.712. The normalized spacial score (nSPS) is 11.9. The number of benzene rings is 2. The number of nitrogens with zero attached hydrogens (tertiary/aromatic N) is 1. The van der Waals surface area contributed by atoms with Gasteiger partial charge in [0, 0.05) is 5.56 Å². The van der Waals surface area contributed by atoms with E-state index < -0.39 is 0 Å². The van der Waals surface area contributed by atoms with Gasteiger partial charge in [-0.3, -0.25) is 4.99 Å². The van der Waals surface area contributed by atoms with E-state index in [2.05, 4.69) is 11.7 Å². The van der Waals surface area contributed by atoms with Crippen molar-refractivity contribution in [2.24, 2.45) is 4.99 Å². The molecule has 0 amide bonds. The lowest BCUT2D eigenvalue weighted by Crippen LogP contribution is -1.85. The van der Waals surface area contributed by atoms with Gasteiger partial charge in [0.25, 0.3) is 0 Å². The first-order chi connectivity index (χ1) is 8.74. The summed E-state index contributed by atoms with van der Waals surface area (Å²) in [4.78, 5) is 4.00. The fourth-order valence-corrected chi connectivity index (χ4v) is 2.08. The Morgan fingerprint density at radius 1 is 1.00 bits per heavy atom. The van der Waals surface area contributed by atoms with E-state index in [0.717, 1.165) is 22.4 Å². The molecule has 0 atom stereocenters. The Kier molecular flexibility index (Phi) is 3.96. The minimum Gasteiger partial charge on any atom is -0.264 e. The summed E-state index contributed by atoms with van der Waals surface area (Å²) in [5.74, 6) is 0. The number of hydrogen-bond acceptors (Lipinski definition) is 1. The lowest BCUT2D eigenvalue weighted by atomic mass is 10.0. The van der Waals surface area contributed by atoms with Crippen LogP contribution in [0.2, 0.25) is 0 Å². The average molecular weight is 256 g/mol. The maximum absolute atomic E-state index is 6.47. The van der Waals surface area contributed by atoms with E-state index in [1.165, 1.54) is 0 Å². The van der Waals surface area contributed by atoms with Crippen LogP contribution in [0.3, 0.4) is 0 Å². The number of para-hydroxylation sites is 1. The molecule has 0 aromatic heterocycles. The number of aliphatic imine (C=N–C) groups is 1. The van der Waals surface area contributed by atoms with Gasteiger partial charge in [-0.15, -0.1) is 0 Å². The van der Waals surface area contributed by atoms with Crippen molar-refractivity contribution >= 4 is 34.6 Å². The van der Waals surface area contributed by atoms with Gasteiger partial charge in [-0.2, -0.15) is 0 Å². The van der Waals surface area contributed by atoms with Crippen molar-refractivity contribution in [1.82, 2.24) is 0 Å². The van der Waals surface area contributed by atoms with Crippen LogP contribution in [-0.2, 0) is 0 Å². The average Bonchev–Trinajstić information content (AvgIpc) is 2.46. The molecule has 0 heterocycles. The van der Waals surface area contributed by atoms with Crippen molar-refractivity contribution in [2.45, 2.75) is 6.92 Å². The van der Waals surface area contributed by atoms with Gasteiger partial charge in [-0.05, 0) is 30.8 Å². The van der Waals surface area contributed by atoms with Crippen LogP contribution in [0.1, 0.15) is 18.1 Å². The molecule has 90 valence electrons. The molecular formula is C16H14ClN. The molecule has 0 aliphatic carbocycles. The molecule has 0 N–H and O–H groups in total. The van der Waals surface area contributed by atoms with Crippen LogP contribution in [0.4, 0.5) is 5.69 Å². The summed E-state index contributed by atoms with van der Waals surface area (Å²) in [6, 6.07) is 17.8. The smallest absolute Gasteiger partial charge is 0.0709 e. The number of allylic oxidation sites excluding steroid dienone is 1. The number of halogens is 1. The Hall–Kier alpha value is -1.86. The molecule has 0 radical (unpaired) electrons. The molecule has 0 bridgehead atoms. The highest BCUT2D eigenvalue weighted by Crippen LogP contribution is 2.34. The molecule has 0 aliphatic heterocycles. The Balaban J connectivity index is 2.53. The quantitative estimate of drug-likeness (QED) is 0.532. The van der Waals surface area contributed by atoms with E-state index in [0.29, 0.717) is 5.03 Å². The third-order valence-corrected chi connectivity index (χ3v) is 3.33. The lowest BCUT2D eigenvalue weighted by Gasteiger charge is -2.08. The SMILES string of the molecule is C=Nc1ccccc1/C(Cl)=C(\C)c1ccccc1. The highest BCUT2D eigenvalue weighted by atomic mass is 35.5. The highest BCUT2D eigenvalue weighted by Gasteiger charge is 2.08. The Morgan fingerprint density at radius 2 is 1.61 bits per heavy atom. The van der Waals surface area contributed by atoms with Crippen LogP contribution in [0.25, 0.3) is 10.6 Å². The predicted octanol–water partition coefficient (Wildman–Crippen LogP) is 5.15. The summed E-state index contributed by atoms with van der Waals surface area (Å²) >= 11 is 6.47. The van der Waals surface area contributed by atoms with Crippen molar-refractivity contribution in [3.63, 3.8) is 0 Å². The molecule has 2 aromatic carbocycles. The molecule has 2 aromatic rings. The van der Waals surface area contributed by atoms with Gasteiger partial charge >= 0.3 is 0 Å². The van der Waals surface area contributed by atoms with Crippen LogP contribution in [0.5, 0.6) is 0 Å². The maximum atomic E-state index is 6.47. The fraction of sp³-hybridized carbons (Fsp3) is 0.0625. The van der Waals surface area contributed by atoms with Crippen molar-refractivity contribution < 1.29 is 0 Å².